The third-order valence-corrected chi connectivity index (χ3v) is 7.77. The molecular formula is C26H35N3O6S. The Kier molecular flexibility index (Phi) is 9.19. The number of nitrogens with zero attached hydrogens (tertiary/aromatic N) is 2. The van der Waals surface area contributed by atoms with E-state index in [-0.39, 0.29) is 25.0 Å². The molecule has 2 aromatic rings. The van der Waals surface area contributed by atoms with Crippen molar-refractivity contribution in [2.75, 3.05) is 29.9 Å². The first-order valence-electron chi connectivity index (χ1n) is 12.2. The number of fused-ring (bicyclic) bond motifs is 1. The molecule has 1 heterocycles. The lowest BCUT2D eigenvalue weighted by molar-refractivity contribution is -0.140. The van der Waals surface area contributed by atoms with Crippen LogP contribution < -0.4 is 19.1 Å². The van der Waals surface area contributed by atoms with Gasteiger partial charge < -0.3 is 19.7 Å². The molecule has 0 saturated heterocycles. The molecule has 0 spiro atoms. The zero-order chi connectivity index (χ0) is 26.3. The summed E-state index contributed by atoms with van der Waals surface area (Å²) in [7, 11) is -3.82. The Hall–Kier alpha value is -3.27. The van der Waals surface area contributed by atoms with Crippen LogP contribution in [0.15, 0.2) is 42.5 Å². The van der Waals surface area contributed by atoms with Gasteiger partial charge in [0.1, 0.15) is 12.6 Å². The van der Waals surface area contributed by atoms with Gasteiger partial charge in [-0.15, -0.1) is 0 Å². The second kappa shape index (κ2) is 12.1. The molecular weight excluding hydrogens is 482 g/mol. The van der Waals surface area contributed by atoms with Gasteiger partial charge in [0, 0.05) is 19.2 Å². The van der Waals surface area contributed by atoms with Crippen LogP contribution in [-0.4, -0.2) is 56.8 Å². The van der Waals surface area contributed by atoms with E-state index in [0.717, 1.165) is 21.9 Å². The van der Waals surface area contributed by atoms with Crippen LogP contribution >= 0.6 is 0 Å². The van der Waals surface area contributed by atoms with E-state index in [1.54, 1.807) is 18.2 Å². The first-order chi connectivity index (χ1) is 17.2. The highest BCUT2D eigenvalue weighted by molar-refractivity contribution is 7.92. The topological polar surface area (TPSA) is 105 Å². The number of ether oxygens (including phenoxy) is 2. The van der Waals surface area contributed by atoms with Gasteiger partial charge in [-0.3, -0.25) is 13.9 Å². The fourth-order valence-corrected chi connectivity index (χ4v) is 4.99. The molecule has 0 bridgehead atoms. The number of carbonyl (C=O) groups is 2. The predicted octanol–water partition coefficient (Wildman–Crippen LogP) is 3.21. The van der Waals surface area contributed by atoms with Crippen molar-refractivity contribution in [3.63, 3.8) is 0 Å². The zero-order valence-electron chi connectivity index (χ0n) is 21.3. The summed E-state index contributed by atoms with van der Waals surface area (Å²) in [6.07, 6.45) is 1.15. The first kappa shape index (κ1) is 27.3. The predicted molar refractivity (Wildman–Crippen MR) is 138 cm³/mol. The van der Waals surface area contributed by atoms with E-state index < -0.39 is 28.5 Å². The van der Waals surface area contributed by atoms with Crippen LogP contribution in [0.2, 0.25) is 0 Å². The van der Waals surface area contributed by atoms with Gasteiger partial charge in [0.2, 0.25) is 28.6 Å². The van der Waals surface area contributed by atoms with Crippen molar-refractivity contribution in [3.05, 3.63) is 53.6 Å². The molecule has 2 aromatic carbocycles. The maximum Gasteiger partial charge on any atom is 0.244 e. The van der Waals surface area contributed by atoms with E-state index >= 15 is 0 Å². The molecule has 1 aliphatic heterocycles. The van der Waals surface area contributed by atoms with Gasteiger partial charge in [-0.05, 0) is 44.4 Å². The van der Waals surface area contributed by atoms with Crippen molar-refractivity contribution in [1.29, 1.82) is 0 Å². The van der Waals surface area contributed by atoms with Crippen molar-refractivity contribution in [3.8, 4) is 11.5 Å². The summed E-state index contributed by atoms with van der Waals surface area (Å²) < 4.78 is 38.0. The average Bonchev–Trinajstić information content (AvgIpc) is 3.34. The van der Waals surface area contributed by atoms with E-state index in [2.05, 4.69) is 5.32 Å². The average molecular weight is 518 g/mol. The summed E-state index contributed by atoms with van der Waals surface area (Å²) >= 11 is 0. The van der Waals surface area contributed by atoms with Crippen LogP contribution in [0.25, 0.3) is 0 Å². The Bertz CT molecular complexity index is 1170. The van der Waals surface area contributed by atoms with Gasteiger partial charge in [0.15, 0.2) is 11.5 Å². The van der Waals surface area contributed by atoms with Gasteiger partial charge in [-0.2, -0.15) is 0 Å². The zero-order valence-corrected chi connectivity index (χ0v) is 22.1. The van der Waals surface area contributed by atoms with Crippen molar-refractivity contribution < 1.29 is 27.5 Å². The Labute approximate surface area is 213 Å². The normalized spacial score (nSPS) is 13.2. The number of hydrogen-bond acceptors (Lipinski definition) is 6. The number of nitrogens with one attached hydrogen (secondary N) is 1. The van der Waals surface area contributed by atoms with Gasteiger partial charge in [0.05, 0.1) is 11.4 Å². The number of carbonyl (C=O) groups excluding carboxylic acids is 2. The summed E-state index contributed by atoms with van der Waals surface area (Å²) in [5.41, 5.74) is 2.23. The quantitative estimate of drug-likeness (QED) is 0.464. The fraction of sp³-hybridized carbons (Fsp3) is 0.462. The summed E-state index contributed by atoms with van der Waals surface area (Å²) in [5, 5.41) is 2.87. The molecule has 0 fully saturated rings. The standard InChI is InChI=1S/C26H35N3O6S/c1-5-14-27-26(31)22(6-2)28(16-20-10-8-19(4)9-11-20)25(30)17-29(36(32,33)7-3)21-12-13-23-24(15-21)35-18-34-23/h8-13,15,22H,5-7,14,16-18H2,1-4H3,(H,27,31)/t22-/m0/s1. The van der Waals surface area contributed by atoms with Gasteiger partial charge >= 0.3 is 0 Å². The van der Waals surface area contributed by atoms with E-state index in [9.17, 15) is 18.0 Å². The molecule has 2 amide bonds. The SMILES string of the molecule is CCCNC(=O)[C@H](CC)N(Cc1ccc(C)cc1)C(=O)CN(c1ccc2c(c1)OCO2)S(=O)(=O)CC. The van der Waals surface area contributed by atoms with Gasteiger partial charge in [-0.25, -0.2) is 8.42 Å². The fourth-order valence-electron chi connectivity index (χ4n) is 3.94. The summed E-state index contributed by atoms with van der Waals surface area (Å²) in [6.45, 7) is 7.56. The van der Waals surface area contributed by atoms with Crippen LogP contribution in [0.4, 0.5) is 5.69 Å². The third-order valence-electron chi connectivity index (χ3n) is 6.03. The maximum atomic E-state index is 13.8. The molecule has 10 heteroatoms. The van der Waals surface area contributed by atoms with Crippen molar-refractivity contribution >= 4 is 27.5 Å². The number of benzene rings is 2. The number of amides is 2. The highest BCUT2D eigenvalue weighted by atomic mass is 32.2. The highest BCUT2D eigenvalue weighted by Crippen LogP contribution is 2.36. The van der Waals surface area contributed by atoms with Crippen LogP contribution in [0.3, 0.4) is 0 Å². The smallest absolute Gasteiger partial charge is 0.244 e. The molecule has 1 aliphatic rings. The highest BCUT2D eigenvalue weighted by Gasteiger charge is 2.32. The molecule has 0 radical (unpaired) electrons. The van der Waals surface area contributed by atoms with Gasteiger partial charge in [-0.1, -0.05) is 43.7 Å². The number of anilines is 1. The minimum Gasteiger partial charge on any atom is -0.454 e. The number of sulfonamides is 1. The molecule has 0 unspecified atom stereocenters. The molecule has 0 aliphatic carbocycles. The lowest BCUT2D eigenvalue weighted by atomic mass is 10.1. The maximum absolute atomic E-state index is 13.8. The number of hydrogen-bond donors (Lipinski definition) is 1. The lowest BCUT2D eigenvalue weighted by Gasteiger charge is -2.33. The van der Waals surface area contributed by atoms with Crippen molar-refractivity contribution in [1.82, 2.24) is 10.2 Å². The van der Waals surface area contributed by atoms with E-state index in [1.807, 2.05) is 45.0 Å². The molecule has 1 atom stereocenters. The largest absolute Gasteiger partial charge is 0.454 e. The molecule has 1 N–H and O–H groups in total. The Morgan fingerprint density at radius 3 is 2.36 bits per heavy atom. The summed E-state index contributed by atoms with van der Waals surface area (Å²) in [5.74, 6) is 0.00852. The van der Waals surface area contributed by atoms with Gasteiger partial charge in [0.25, 0.3) is 0 Å². The minimum absolute atomic E-state index is 0.0492. The second-order valence-electron chi connectivity index (χ2n) is 8.67. The molecule has 196 valence electrons. The van der Waals surface area contributed by atoms with Crippen LogP contribution in [0.1, 0.15) is 44.7 Å². The van der Waals surface area contributed by atoms with E-state index in [1.165, 1.54) is 11.8 Å². The Morgan fingerprint density at radius 2 is 1.72 bits per heavy atom. The third kappa shape index (κ3) is 6.48. The van der Waals surface area contributed by atoms with Crippen LogP contribution in [-0.2, 0) is 26.2 Å². The molecule has 0 saturated carbocycles. The Balaban J connectivity index is 1.95. The van der Waals surface area contributed by atoms with E-state index in [4.69, 9.17) is 9.47 Å². The lowest BCUT2D eigenvalue weighted by Crippen LogP contribution is -2.52. The summed E-state index contributed by atoms with van der Waals surface area (Å²) in [4.78, 5) is 28.2. The van der Waals surface area contributed by atoms with E-state index in [0.29, 0.717) is 30.2 Å². The molecule has 0 aromatic heterocycles. The first-order valence-corrected chi connectivity index (χ1v) is 13.8. The van der Waals surface area contributed by atoms with Crippen LogP contribution in [0.5, 0.6) is 11.5 Å². The van der Waals surface area contributed by atoms with Crippen LogP contribution in [0, 0.1) is 6.92 Å². The van der Waals surface area contributed by atoms with Crippen molar-refractivity contribution in [2.24, 2.45) is 0 Å². The molecule has 3 rings (SSSR count). The Morgan fingerprint density at radius 1 is 1.03 bits per heavy atom. The number of rotatable bonds is 12. The molecule has 9 nitrogen and oxygen atoms in total. The monoisotopic (exact) mass is 517 g/mol. The number of aryl methyl sites for hydroxylation is 1. The summed E-state index contributed by atoms with van der Waals surface area (Å²) in [6, 6.07) is 11.7. The minimum atomic E-state index is -3.82. The second-order valence-corrected chi connectivity index (χ2v) is 10.8. The van der Waals surface area contributed by atoms with Crippen molar-refractivity contribution in [2.45, 2.75) is 53.1 Å². The molecule has 36 heavy (non-hydrogen) atoms.